The van der Waals surface area contributed by atoms with Crippen LogP contribution in [-0.2, 0) is 11.8 Å². The number of aryl methyl sites for hydroxylation is 1. The van der Waals surface area contributed by atoms with Gasteiger partial charge in [-0.1, -0.05) is 26.8 Å². The van der Waals surface area contributed by atoms with E-state index in [2.05, 4.69) is 42.0 Å². The lowest BCUT2D eigenvalue weighted by molar-refractivity contribution is -0.0157. The zero-order valence-electron chi connectivity index (χ0n) is 14.2. The van der Waals surface area contributed by atoms with Crippen LogP contribution in [0.1, 0.15) is 63.2 Å². The van der Waals surface area contributed by atoms with E-state index in [0.717, 1.165) is 25.3 Å². The van der Waals surface area contributed by atoms with Crippen LogP contribution >= 0.6 is 0 Å². The van der Waals surface area contributed by atoms with Gasteiger partial charge in [0.15, 0.2) is 0 Å². The number of allylic oxidation sites excluding steroid dienone is 1. The second-order valence-corrected chi connectivity index (χ2v) is 7.11. The molecule has 1 fully saturated rings. The number of aromatic nitrogens is 4. The Morgan fingerprint density at radius 2 is 2.13 bits per heavy atom. The molecule has 23 heavy (non-hydrogen) atoms. The number of rotatable bonds is 3. The van der Waals surface area contributed by atoms with Gasteiger partial charge in [-0.3, -0.25) is 0 Å². The highest BCUT2D eigenvalue weighted by molar-refractivity contribution is 5.38. The zero-order chi connectivity index (χ0) is 16.4. The topological polar surface area (TPSA) is 66.0 Å². The van der Waals surface area contributed by atoms with E-state index >= 15 is 0 Å². The Kier molecular flexibility index (Phi) is 4.35. The Balaban J connectivity index is 1.83. The molecule has 0 amide bonds. The van der Waals surface area contributed by atoms with Gasteiger partial charge in [0.05, 0.1) is 5.92 Å². The number of hydrogen-bond donors (Lipinski definition) is 0. The van der Waals surface area contributed by atoms with Crippen molar-refractivity contribution in [2.45, 2.75) is 45.6 Å². The van der Waals surface area contributed by atoms with E-state index in [1.807, 2.05) is 23.9 Å². The van der Waals surface area contributed by atoms with Crippen LogP contribution in [0.5, 0.6) is 0 Å². The summed E-state index contributed by atoms with van der Waals surface area (Å²) >= 11 is 0. The van der Waals surface area contributed by atoms with Crippen LogP contribution in [-0.4, -0.2) is 26.4 Å². The van der Waals surface area contributed by atoms with Gasteiger partial charge < -0.3 is 13.7 Å². The molecule has 3 heterocycles. The lowest BCUT2D eigenvalue weighted by atomic mass is 9.93. The van der Waals surface area contributed by atoms with Crippen molar-refractivity contribution in [3.05, 3.63) is 36.1 Å². The first kappa shape index (κ1) is 15.9. The normalized spacial score (nSPS) is 22.8. The first-order valence-electron chi connectivity index (χ1n) is 8.05. The molecular formula is C17H24N4O2. The van der Waals surface area contributed by atoms with Crippen molar-refractivity contribution in [1.29, 1.82) is 0 Å². The van der Waals surface area contributed by atoms with Gasteiger partial charge >= 0.3 is 0 Å². The highest BCUT2D eigenvalue weighted by atomic mass is 16.5. The third-order valence-corrected chi connectivity index (χ3v) is 3.93. The van der Waals surface area contributed by atoms with Gasteiger partial charge in [-0.05, 0) is 24.3 Å². The molecule has 2 atom stereocenters. The van der Waals surface area contributed by atoms with Crippen molar-refractivity contribution < 1.29 is 9.15 Å². The van der Waals surface area contributed by atoms with E-state index in [0.29, 0.717) is 11.8 Å². The van der Waals surface area contributed by atoms with Crippen LogP contribution in [0.3, 0.4) is 0 Å². The molecule has 124 valence electrons. The number of imidazole rings is 1. The molecule has 3 rings (SSSR count). The Labute approximate surface area is 136 Å². The summed E-state index contributed by atoms with van der Waals surface area (Å²) in [5.74, 6) is 2.12. The molecule has 0 N–H and O–H groups in total. The predicted octanol–water partition coefficient (Wildman–Crippen LogP) is 3.50. The van der Waals surface area contributed by atoms with Gasteiger partial charge in [-0.25, -0.2) is 4.98 Å². The van der Waals surface area contributed by atoms with E-state index in [1.54, 1.807) is 6.20 Å². The fourth-order valence-corrected chi connectivity index (χ4v) is 2.72. The molecular weight excluding hydrogens is 292 g/mol. The van der Waals surface area contributed by atoms with Crippen LogP contribution in [0.25, 0.3) is 6.08 Å². The predicted molar refractivity (Wildman–Crippen MR) is 86.7 cm³/mol. The monoisotopic (exact) mass is 316 g/mol. The van der Waals surface area contributed by atoms with Crippen molar-refractivity contribution in [2.24, 2.45) is 12.5 Å². The van der Waals surface area contributed by atoms with Crippen LogP contribution in [0.2, 0.25) is 0 Å². The van der Waals surface area contributed by atoms with Gasteiger partial charge in [0, 0.05) is 26.0 Å². The van der Waals surface area contributed by atoms with Gasteiger partial charge in [0.25, 0.3) is 0 Å². The molecule has 0 aliphatic carbocycles. The summed E-state index contributed by atoms with van der Waals surface area (Å²) < 4.78 is 13.8. The molecule has 2 aromatic rings. The largest absolute Gasteiger partial charge is 0.421 e. The van der Waals surface area contributed by atoms with E-state index in [-0.39, 0.29) is 17.4 Å². The third kappa shape index (κ3) is 3.69. The lowest BCUT2D eigenvalue weighted by Crippen LogP contribution is -2.23. The maximum Gasteiger partial charge on any atom is 0.240 e. The molecule has 0 aromatic carbocycles. The molecule has 0 unspecified atom stereocenters. The smallest absolute Gasteiger partial charge is 0.240 e. The quantitative estimate of drug-likeness (QED) is 0.867. The number of nitrogens with zero attached hydrogens (tertiary/aromatic N) is 4. The molecule has 6 nitrogen and oxygen atoms in total. The fourth-order valence-electron chi connectivity index (χ4n) is 2.72. The highest BCUT2D eigenvalue weighted by Crippen LogP contribution is 2.39. The van der Waals surface area contributed by atoms with Crippen molar-refractivity contribution in [3.63, 3.8) is 0 Å². The van der Waals surface area contributed by atoms with Crippen molar-refractivity contribution >= 4 is 6.08 Å². The average molecular weight is 316 g/mol. The molecule has 0 saturated carbocycles. The van der Waals surface area contributed by atoms with Crippen LogP contribution < -0.4 is 0 Å². The molecule has 2 aromatic heterocycles. The maximum absolute atomic E-state index is 5.96. The van der Waals surface area contributed by atoms with E-state index in [1.165, 1.54) is 0 Å². The molecule has 1 aliphatic heterocycles. The Bertz CT molecular complexity index is 681. The van der Waals surface area contributed by atoms with E-state index in [9.17, 15) is 0 Å². The van der Waals surface area contributed by atoms with Crippen molar-refractivity contribution in [1.82, 2.24) is 19.7 Å². The summed E-state index contributed by atoms with van der Waals surface area (Å²) in [7, 11) is 1.97. The van der Waals surface area contributed by atoms with Crippen LogP contribution in [0.15, 0.2) is 22.9 Å². The fraction of sp³-hybridized carbons (Fsp3) is 0.588. The summed E-state index contributed by atoms with van der Waals surface area (Å²) in [6, 6.07) is 0. The minimum atomic E-state index is -0.136. The third-order valence-electron chi connectivity index (χ3n) is 3.93. The standard InChI is InChI=1S/C17H24N4O2/c1-17(2,3)8-7-13-19-20-16(23-13)12-6-5-11-22-14(12)15-18-9-10-21(15)4/h7-10,12,14H,5-6,11H2,1-4H3/b8-7-/t12-,14-/m1/s1. The SMILES string of the molecule is Cn1ccnc1[C@@H]1OCCC[C@H]1c1nnc(/C=C\C(C)(C)C)o1. The summed E-state index contributed by atoms with van der Waals surface area (Å²) in [5.41, 5.74) is 0.0814. The molecule has 1 aliphatic rings. The minimum Gasteiger partial charge on any atom is -0.421 e. The molecule has 0 radical (unpaired) electrons. The minimum absolute atomic E-state index is 0.0501. The average Bonchev–Trinajstić information content (AvgIpc) is 3.13. The molecule has 1 saturated heterocycles. The van der Waals surface area contributed by atoms with Gasteiger partial charge in [0.2, 0.25) is 11.8 Å². The Morgan fingerprint density at radius 1 is 1.30 bits per heavy atom. The van der Waals surface area contributed by atoms with Gasteiger partial charge in [-0.2, -0.15) is 0 Å². The van der Waals surface area contributed by atoms with Gasteiger partial charge in [0.1, 0.15) is 11.9 Å². The summed E-state index contributed by atoms with van der Waals surface area (Å²) in [6.45, 7) is 7.13. The number of hydrogen-bond acceptors (Lipinski definition) is 5. The van der Waals surface area contributed by atoms with Crippen molar-refractivity contribution in [3.8, 4) is 0 Å². The lowest BCUT2D eigenvalue weighted by Gasteiger charge is -2.28. The summed E-state index contributed by atoms with van der Waals surface area (Å²) in [6.07, 6.45) is 9.48. The van der Waals surface area contributed by atoms with Gasteiger partial charge in [-0.15, -0.1) is 10.2 Å². The Hall–Kier alpha value is -1.95. The summed E-state index contributed by atoms with van der Waals surface area (Å²) in [4.78, 5) is 4.42. The first-order chi connectivity index (χ1) is 10.9. The second-order valence-electron chi connectivity index (χ2n) is 7.11. The Morgan fingerprint density at radius 3 is 2.83 bits per heavy atom. The van der Waals surface area contributed by atoms with E-state index < -0.39 is 0 Å². The van der Waals surface area contributed by atoms with Crippen molar-refractivity contribution in [2.75, 3.05) is 6.61 Å². The molecule has 6 heteroatoms. The van der Waals surface area contributed by atoms with Crippen LogP contribution in [0, 0.1) is 5.41 Å². The second kappa shape index (κ2) is 6.28. The first-order valence-corrected chi connectivity index (χ1v) is 8.05. The van der Waals surface area contributed by atoms with Crippen LogP contribution in [0.4, 0.5) is 0 Å². The maximum atomic E-state index is 5.96. The zero-order valence-corrected chi connectivity index (χ0v) is 14.2. The number of ether oxygens (including phenoxy) is 1. The molecule has 0 spiro atoms. The molecule has 0 bridgehead atoms. The van der Waals surface area contributed by atoms with E-state index in [4.69, 9.17) is 9.15 Å². The summed E-state index contributed by atoms with van der Waals surface area (Å²) in [5, 5.41) is 8.39. The highest BCUT2D eigenvalue weighted by Gasteiger charge is 2.35.